The van der Waals surface area contributed by atoms with Crippen molar-refractivity contribution >= 4 is 35.6 Å². The summed E-state index contributed by atoms with van der Waals surface area (Å²) in [7, 11) is 0. The Morgan fingerprint density at radius 3 is 2.40 bits per heavy atom. The van der Waals surface area contributed by atoms with Crippen molar-refractivity contribution < 1.29 is 33.8 Å². The lowest BCUT2D eigenvalue weighted by Gasteiger charge is -2.31. The summed E-state index contributed by atoms with van der Waals surface area (Å²) in [4.78, 5) is 60.0. The summed E-state index contributed by atoms with van der Waals surface area (Å²) in [6, 6.07) is 6.40. The van der Waals surface area contributed by atoms with E-state index in [0.717, 1.165) is 49.4 Å². The van der Waals surface area contributed by atoms with Gasteiger partial charge >= 0.3 is 12.1 Å². The van der Waals surface area contributed by atoms with Gasteiger partial charge in [0.05, 0.1) is 25.1 Å². The lowest BCUT2D eigenvalue weighted by molar-refractivity contribution is -0.144. The molecule has 16 nitrogen and oxygen atoms in total. The van der Waals surface area contributed by atoms with Gasteiger partial charge in [0.1, 0.15) is 24.2 Å². The Balaban J connectivity index is 1.52. The zero-order valence-electron chi connectivity index (χ0n) is 30.2. The van der Waals surface area contributed by atoms with Crippen LogP contribution in [0.15, 0.2) is 48.0 Å². The summed E-state index contributed by atoms with van der Waals surface area (Å²) >= 11 is 1.16. The molecular formula is C35H51N9O7S. The number of rotatable bonds is 18. The predicted octanol–water partition coefficient (Wildman–Crippen LogP) is 2.73. The van der Waals surface area contributed by atoms with Crippen LogP contribution < -0.4 is 16.0 Å². The number of ether oxygens (including phenoxy) is 2. The predicted molar refractivity (Wildman–Crippen MR) is 192 cm³/mol. The summed E-state index contributed by atoms with van der Waals surface area (Å²) in [5.74, 6) is -1.16. The number of hydrogen-bond acceptors (Lipinski definition) is 12. The number of thioether (sulfide) groups is 1. The molecule has 3 aromatic rings. The van der Waals surface area contributed by atoms with E-state index >= 15 is 0 Å². The van der Waals surface area contributed by atoms with Crippen LogP contribution in [0.25, 0.3) is 0 Å². The molecule has 0 aliphatic heterocycles. The minimum atomic E-state index is -1.09. The Morgan fingerprint density at radius 1 is 1.02 bits per heavy atom. The molecule has 0 radical (unpaired) electrons. The summed E-state index contributed by atoms with van der Waals surface area (Å²) in [6.07, 6.45) is 7.28. The number of imidazole rings is 1. The Labute approximate surface area is 308 Å². The molecule has 0 spiro atoms. The van der Waals surface area contributed by atoms with Crippen LogP contribution in [-0.2, 0) is 43.2 Å². The lowest BCUT2D eigenvalue weighted by Crippen LogP contribution is -2.58. The number of amides is 3. The SMILES string of the molecule is CCOC(=O)Cn1nnnc1SC[C@H](O)[C@H](CC1CCCCC1)NC(=O)[C@H](Cc1cnc[nH]1)NC(=O)[C@H](Cc1ccccc1)NC(=O)OC(C)(C)C. The van der Waals surface area contributed by atoms with Crippen LogP contribution in [0.4, 0.5) is 4.79 Å². The molecule has 0 saturated heterocycles. The second-order valence-electron chi connectivity index (χ2n) is 13.9. The molecule has 3 amide bonds. The van der Waals surface area contributed by atoms with Crippen molar-refractivity contribution in [2.75, 3.05) is 12.4 Å². The molecule has 2 heterocycles. The summed E-state index contributed by atoms with van der Waals surface area (Å²) in [6.45, 7) is 6.94. The van der Waals surface area contributed by atoms with Crippen molar-refractivity contribution in [1.29, 1.82) is 0 Å². The molecule has 1 aromatic carbocycles. The Kier molecular flexibility index (Phi) is 15.4. The third-order valence-corrected chi connectivity index (χ3v) is 9.53. The topological polar surface area (TPSA) is 215 Å². The van der Waals surface area contributed by atoms with Gasteiger partial charge in [-0.25, -0.2) is 14.5 Å². The van der Waals surface area contributed by atoms with Gasteiger partial charge in [-0.15, -0.1) is 5.10 Å². The van der Waals surface area contributed by atoms with E-state index in [0.29, 0.717) is 23.2 Å². The molecule has 0 unspecified atom stereocenters. The van der Waals surface area contributed by atoms with Crippen LogP contribution in [0.5, 0.6) is 0 Å². The van der Waals surface area contributed by atoms with Crippen molar-refractivity contribution in [1.82, 2.24) is 46.1 Å². The van der Waals surface area contributed by atoms with Gasteiger partial charge in [-0.3, -0.25) is 14.4 Å². The minimum Gasteiger partial charge on any atom is -0.465 e. The van der Waals surface area contributed by atoms with Crippen LogP contribution in [0.1, 0.15) is 77.5 Å². The number of hydrogen-bond donors (Lipinski definition) is 5. The van der Waals surface area contributed by atoms with Crippen molar-refractivity contribution in [3.63, 3.8) is 0 Å². The summed E-state index contributed by atoms with van der Waals surface area (Å²) in [5, 5.41) is 31.9. The van der Waals surface area contributed by atoms with E-state index in [2.05, 4.69) is 41.4 Å². The number of aliphatic hydroxyl groups is 1. The average molecular weight is 742 g/mol. The van der Waals surface area contributed by atoms with E-state index in [1.165, 1.54) is 11.0 Å². The van der Waals surface area contributed by atoms with Gasteiger partial charge in [-0.2, -0.15) is 0 Å². The Morgan fingerprint density at radius 2 is 1.73 bits per heavy atom. The smallest absolute Gasteiger partial charge is 0.408 e. The number of aromatic nitrogens is 6. The van der Waals surface area contributed by atoms with E-state index in [4.69, 9.17) is 9.47 Å². The zero-order chi connectivity index (χ0) is 37.5. The second kappa shape index (κ2) is 19.9. The Hall–Kier alpha value is -4.51. The van der Waals surface area contributed by atoms with Crippen LogP contribution >= 0.6 is 11.8 Å². The molecule has 1 aliphatic rings. The number of nitrogens with one attached hydrogen (secondary N) is 4. The van der Waals surface area contributed by atoms with Crippen LogP contribution in [0.3, 0.4) is 0 Å². The molecule has 52 heavy (non-hydrogen) atoms. The molecule has 17 heteroatoms. The van der Waals surface area contributed by atoms with E-state index in [9.17, 15) is 24.3 Å². The fraction of sp³-hybridized carbons (Fsp3) is 0.600. The minimum absolute atomic E-state index is 0.0751. The third-order valence-electron chi connectivity index (χ3n) is 8.47. The molecule has 2 aromatic heterocycles. The van der Waals surface area contributed by atoms with Crippen LogP contribution in [-0.4, -0.2) is 101 Å². The highest BCUT2D eigenvalue weighted by Crippen LogP contribution is 2.29. The first-order valence-corrected chi connectivity index (χ1v) is 18.7. The Bertz CT molecular complexity index is 1560. The fourth-order valence-electron chi connectivity index (χ4n) is 5.99. The molecule has 4 rings (SSSR count). The number of nitrogens with zero attached hydrogens (tertiary/aromatic N) is 5. The average Bonchev–Trinajstić information content (AvgIpc) is 3.78. The van der Waals surface area contributed by atoms with Crippen LogP contribution in [0, 0.1) is 5.92 Å². The monoisotopic (exact) mass is 741 g/mol. The van der Waals surface area contributed by atoms with E-state index in [-0.39, 0.29) is 31.7 Å². The van der Waals surface area contributed by atoms with E-state index < -0.39 is 53.7 Å². The summed E-state index contributed by atoms with van der Waals surface area (Å²) < 4.78 is 11.8. The maximum atomic E-state index is 14.1. The van der Waals surface area contributed by atoms with Gasteiger partial charge in [0.25, 0.3) is 0 Å². The summed E-state index contributed by atoms with van der Waals surface area (Å²) in [5.41, 5.74) is 0.615. The fourth-order valence-corrected chi connectivity index (χ4v) is 6.88. The maximum absolute atomic E-state index is 14.1. The van der Waals surface area contributed by atoms with Gasteiger partial charge in [0.2, 0.25) is 17.0 Å². The highest BCUT2D eigenvalue weighted by atomic mass is 32.2. The van der Waals surface area contributed by atoms with Gasteiger partial charge in [-0.05, 0) is 56.0 Å². The number of aliphatic hydroxyl groups excluding tert-OH is 1. The molecule has 1 saturated carbocycles. The van der Waals surface area contributed by atoms with Gasteiger partial charge in [0, 0.05) is 30.5 Å². The van der Waals surface area contributed by atoms with Gasteiger partial charge in [0.15, 0.2) is 0 Å². The molecule has 4 atom stereocenters. The number of benzene rings is 1. The normalized spacial score (nSPS) is 15.9. The molecule has 1 fully saturated rings. The van der Waals surface area contributed by atoms with Crippen molar-refractivity contribution in [2.45, 2.75) is 121 Å². The van der Waals surface area contributed by atoms with Crippen molar-refractivity contribution in [2.24, 2.45) is 5.92 Å². The van der Waals surface area contributed by atoms with Crippen molar-refractivity contribution in [3.8, 4) is 0 Å². The first-order valence-electron chi connectivity index (χ1n) is 17.7. The molecule has 0 bridgehead atoms. The molecular weight excluding hydrogens is 691 g/mol. The number of carbonyl (C=O) groups is 4. The van der Waals surface area contributed by atoms with Crippen molar-refractivity contribution in [3.05, 3.63) is 54.1 Å². The standard InChI is InChI=1S/C35H51N9O7S/c1-5-50-30(46)20-44-33(41-42-43-44)52-21-29(45)26(16-23-12-8-6-9-13-23)38-32(48)28(18-25-19-36-22-37-25)39-31(47)27(17-24-14-10-7-11-15-24)40-34(49)51-35(2,3)4/h7,10-11,14-15,19,22-23,26-29,45H,5-6,8-9,12-13,16-18,20-21H2,1-4H3,(H,36,37)(H,38,48)(H,39,47)(H,40,49)/t26-,27-,28-,29-/m0/s1. The largest absolute Gasteiger partial charge is 0.465 e. The number of tetrazole rings is 1. The first-order chi connectivity index (χ1) is 24.9. The van der Waals surface area contributed by atoms with Crippen LogP contribution in [0.2, 0.25) is 0 Å². The zero-order valence-corrected chi connectivity index (χ0v) is 31.1. The van der Waals surface area contributed by atoms with Gasteiger partial charge in [-0.1, -0.05) is 74.2 Å². The van der Waals surface area contributed by atoms with E-state index in [1.54, 1.807) is 33.9 Å². The lowest BCUT2D eigenvalue weighted by atomic mass is 9.83. The van der Waals surface area contributed by atoms with Gasteiger partial charge < -0.3 is 35.5 Å². The third kappa shape index (κ3) is 13.6. The molecule has 284 valence electrons. The number of esters is 1. The highest BCUT2D eigenvalue weighted by Gasteiger charge is 2.33. The second-order valence-corrected chi connectivity index (χ2v) is 14.9. The number of H-pyrrole nitrogens is 1. The number of aromatic amines is 1. The highest BCUT2D eigenvalue weighted by molar-refractivity contribution is 7.99. The molecule has 1 aliphatic carbocycles. The van der Waals surface area contributed by atoms with E-state index in [1.807, 2.05) is 30.3 Å². The maximum Gasteiger partial charge on any atom is 0.408 e. The molecule has 5 N–H and O–H groups in total. The first kappa shape index (κ1) is 40.3. The quantitative estimate of drug-likeness (QED) is 0.0940. The number of carbonyl (C=O) groups excluding carboxylic acids is 4. The number of alkyl carbamates (subject to hydrolysis) is 1.